The predicted octanol–water partition coefficient (Wildman–Crippen LogP) is 1.77. The van der Waals surface area contributed by atoms with Crippen LogP contribution in [0.1, 0.15) is 5.56 Å². The topological polar surface area (TPSA) is 49.8 Å². The van der Waals surface area contributed by atoms with Gasteiger partial charge in [-0.2, -0.15) is 0 Å². The van der Waals surface area contributed by atoms with E-state index in [1.165, 1.54) is 0 Å². The Hall–Kier alpha value is -1.81. The van der Waals surface area contributed by atoms with Crippen molar-refractivity contribution in [2.24, 2.45) is 0 Å². The molecule has 4 heteroatoms. The number of nitrogens with zero attached hydrogens (tertiary/aromatic N) is 1. The van der Waals surface area contributed by atoms with E-state index < -0.39 is 5.97 Å². The lowest BCUT2D eigenvalue weighted by atomic mass is 10.2. The van der Waals surface area contributed by atoms with E-state index >= 15 is 0 Å². The summed E-state index contributed by atoms with van der Waals surface area (Å²) in [6.07, 6.45) is 2.79. The van der Waals surface area contributed by atoms with E-state index in [-0.39, 0.29) is 0 Å². The van der Waals surface area contributed by atoms with Crippen molar-refractivity contribution in [2.45, 2.75) is 6.54 Å². The summed E-state index contributed by atoms with van der Waals surface area (Å²) in [4.78, 5) is 12.3. The first kappa shape index (κ1) is 13.3. The standard InChI is InChI=1S/C13H17NO3/c1-14(9-3-4-13(15)16)10-11-5-7-12(17-2)8-6-11/h3-8H,9-10H2,1-2H3,(H,15,16). The van der Waals surface area contributed by atoms with Gasteiger partial charge in [0.1, 0.15) is 5.75 Å². The zero-order valence-corrected chi connectivity index (χ0v) is 10.1. The molecule has 1 aromatic carbocycles. The molecular formula is C13H17NO3. The molecule has 0 aromatic heterocycles. The number of carbonyl (C=O) groups is 1. The fraction of sp³-hybridized carbons (Fsp3) is 0.308. The molecule has 0 saturated heterocycles. The highest BCUT2D eigenvalue weighted by Crippen LogP contribution is 2.12. The van der Waals surface area contributed by atoms with E-state index in [0.29, 0.717) is 6.54 Å². The highest BCUT2D eigenvalue weighted by molar-refractivity contribution is 5.79. The number of likely N-dealkylation sites (N-methyl/N-ethyl adjacent to an activating group) is 1. The number of benzene rings is 1. The maximum Gasteiger partial charge on any atom is 0.328 e. The average molecular weight is 235 g/mol. The molecule has 1 rings (SSSR count). The van der Waals surface area contributed by atoms with Gasteiger partial charge in [0.15, 0.2) is 0 Å². The summed E-state index contributed by atoms with van der Waals surface area (Å²) >= 11 is 0. The molecule has 0 radical (unpaired) electrons. The molecule has 0 spiro atoms. The lowest BCUT2D eigenvalue weighted by Gasteiger charge is -2.14. The molecule has 1 N–H and O–H groups in total. The number of carboxylic acid groups (broad SMARTS) is 1. The third-order valence-electron chi connectivity index (χ3n) is 2.29. The molecule has 17 heavy (non-hydrogen) atoms. The Kier molecular flexibility index (Phi) is 5.23. The number of rotatable bonds is 6. The normalized spacial score (nSPS) is 11.0. The third kappa shape index (κ3) is 5.17. The van der Waals surface area contributed by atoms with E-state index in [1.807, 2.05) is 36.2 Å². The fourth-order valence-corrected chi connectivity index (χ4v) is 1.44. The summed E-state index contributed by atoms with van der Waals surface area (Å²) in [7, 11) is 3.58. The van der Waals surface area contributed by atoms with Crippen LogP contribution in [0.3, 0.4) is 0 Å². The van der Waals surface area contributed by atoms with Crippen molar-refractivity contribution in [2.75, 3.05) is 20.7 Å². The monoisotopic (exact) mass is 235 g/mol. The first-order valence-corrected chi connectivity index (χ1v) is 5.32. The van der Waals surface area contributed by atoms with Crippen molar-refractivity contribution in [1.29, 1.82) is 0 Å². The van der Waals surface area contributed by atoms with Gasteiger partial charge in [0.2, 0.25) is 0 Å². The number of hydrogen-bond donors (Lipinski definition) is 1. The Morgan fingerprint density at radius 1 is 1.41 bits per heavy atom. The zero-order valence-electron chi connectivity index (χ0n) is 10.1. The molecular weight excluding hydrogens is 218 g/mol. The summed E-state index contributed by atoms with van der Waals surface area (Å²) in [5.74, 6) is -0.0787. The molecule has 0 bridgehead atoms. The van der Waals surface area contributed by atoms with Crippen LogP contribution in [-0.4, -0.2) is 36.7 Å². The molecule has 1 aromatic rings. The Balaban J connectivity index is 2.44. The summed E-state index contributed by atoms with van der Waals surface area (Å²) < 4.78 is 5.08. The number of aliphatic carboxylic acids is 1. The van der Waals surface area contributed by atoms with Crippen molar-refractivity contribution in [3.8, 4) is 5.75 Å². The minimum absolute atomic E-state index is 0.609. The lowest BCUT2D eigenvalue weighted by molar-refractivity contribution is -0.131. The number of carboxylic acids is 1. The minimum Gasteiger partial charge on any atom is -0.497 e. The van der Waals surface area contributed by atoms with Gasteiger partial charge in [0, 0.05) is 19.2 Å². The molecule has 0 unspecified atom stereocenters. The Morgan fingerprint density at radius 3 is 2.59 bits per heavy atom. The second-order valence-electron chi connectivity index (χ2n) is 3.79. The fourth-order valence-electron chi connectivity index (χ4n) is 1.44. The Bertz CT molecular complexity index is 384. The van der Waals surface area contributed by atoms with Gasteiger partial charge >= 0.3 is 5.97 Å². The van der Waals surface area contributed by atoms with Gasteiger partial charge in [-0.05, 0) is 24.7 Å². The Morgan fingerprint density at radius 2 is 2.06 bits per heavy atom. The molecule has 0 saturated carbocycles. The molecule has 0 fully saturated rings. The largest absolute Gasteiger partial charge is 0.497 e. The van der Waals surface area contributed by atoms with E-state index in [9.17, 15) is 4.79 Å². The highest BCUT2D eigenvalue weighted by Gasteiger charge is 1.99. The zero-order chi connectivity index (χ0) is 12.7. The smallest absolute Gasteiger partial charge is 0.328 e. The first-order valence-electron chi connectivity index (χ1n) is 5.32. The van der Waals surface area contributed by atoms with Crippen molar-refractivity contribution < 1.29 is 14.6 Å². The number of hydrogen-bond acceptors (Lipinski definition) is 3. The maximum absolute atomic E-state index is 10.3. The molecule has 0 atom stereocenters. The minimum atomic E-state index is -0.914. The van der Waals surface area contributed by atoms with Crippen LogP contribution >= 0.6 is 0 Å². The van der Waals surface area contributed by atoms with Gasteiger partial charge in [0.05, 0.1) is 7.11 Å². The van der Waals surface area contributed by atoms with Crippen LogP contribution < -0.4 is 4.74 Å². The van der Waals surface area contributed by atoms with Crippen molar-refractivity contribution >= 4 is 5.97 Å². The van der Waals surface area contributed by atoms with Crippen LogP contribution in [0.4, 0.5) is 0 Å². The SMILES string of the molecule is COc1ccc(CN(C)CC=CC(=O)O)cc1. The summed E-state index contributed by atoms with van der Waals surface area (Å²) in [5, 5.41) is 8.45. The van der Waals surface area contributed by atoms with Gasteiger partial charge in [0.25, 0.3) is 0 Å². The van der Waals surface area contributed by atoms with Crippen LogP contribution in [0.2, 0.25) is 0 Å². The van der Waals surface area contributed by atoms with Gasteiger partial charge in [-0.15, -0.1) is 0 Å². The highest BCUT2D eigenvalue weighted by atomic mass is 16.5. The second kappa shape index (κ2) is 6.70. The van der Waals surface area contributed by atoms with Crippen molar-refractivity contribution in [3.63, 3.8) is 0 Å². The molecule has 92 valence electrons. The van der Waals surface area contributed by atoms with Crippen LogP contribution in [0, 0.1) is 0 Å². The van der Waals surface area contributed by atoms with E-state index in [2.05, 4.69) is 0 Å². The molecule has 0 amide bonds. The number of methoxy groups -OCH3 is 1. The summed E-state index contributed by atoms with van der Waals surface area (Å²) in [6, 6.07) is 7.82. The van der Waals surface area contributed by atoms with E-state index in [1.54, 1.807) is 13.2 Å². The lowest BCUT2D eigenvalue weighted by Crippen LogP contribution is -2.17. The second-order valence-corrected chi connectivity index (χ2v) is 3.79. The molecule has 0 aliphatic carbocycles. The third-order valence-corrected chi connectivity index (χ3v) is 2.29. The van der Waals surface area contributed by atoms with Gasteiger partial charge in [-0.25, -0.2) is 4.79 Å². The van der Waals surface area contributed by atoms with Crippen molar-refractivity contribution in [3.05, 3.63) is 42.0 Å². The van der Waals surface area contributed by atoms with E-state index in [0.717, 1.165) is 23.9 Å². The van der Waals surface area contributed by atoms with Gasteiger partial charge in [-0.3, -0.25) is 4.90 Å². The summed E-state index contributed by atoms with van der Waals surface area (Å²) in [5.41, 5.74) is 1.16. The Labute approximate surface area is 101 Å². The van der Waals surface area contributed by atoms with Crippen LogP contribution in [-0.2, 0) is 11.3 Å². The van der Waals surface area contributed by atoms with Gasteiger partial charge < -0.3 is 9.84 Å². The van der Waals surface area contributed by atoms with Crippen LogP contribution in [0.15, 0.2) is 36.4 Å². The molecule has 0 aliphatic rings. The molecule has 4 nitrogen and oxygen atoms in total. The molecule has 0 aliphatic heterocycles. The predicted molar refractivity (Wildman–Crippen MR) is 66.1 cm³/mol. The quantitative estimate of drug-likeness (QED) is 0.763. The maximum atomic E-state index is 10.3. The summed E-state index contributed by atoms with van der Waals surface area (Å²) in [6.45, 7) is 1.38. The van der Waals surface area contributed by atoms with E-state index in [4.69, 9.17) is 9.84 Å². The van der Waals surface area contributed by atoms with Crippen LogP contribution in [0.5, 0.6) is 5.75 Å². The van der Waals surface area contributed by atoms with Crippen molar-refractivity contribution in [1.82, 2.24) is 4.90 Å². The number of ether oxygens (including phenoxy) is 1. The van der Waals surface area contributed by atoms with Crippen LogP contribution in [0.25, 0.3) is 0 Å². The van der Waals surface area contributed by atoms with Gasteiger partial charge in [-0.1, -0.05) is 18.2 Å². The molecule has 0 heterocycles. The first-order chi connectivity index (χ1) is 8.11. The average Bonchev–Trinajstić information content (AvgIpc) is 2.29.